The van der Waals surface area contributed by atoms with E-state index in [1.807, 2.05) is 41.2 Å². The molecule has 2 N–H and O–H groups in total. The summed E-state index contributed by atoms with van der Waals surface area (Å²) in [6.45, 7) is 4.89. The van der Waals surface area contributed by atoms with Crippen molar-refractivity contribution < 1.29 is 4.74 Å². The maximum Gasteiger partial charge on any atom is 0.191 e. The van der Waals surface area contributed by atoms with E-state index in [0.717, 1.165) is 29.5 Å². The number of hydrogen-bond acceptors (Lipinski definition) is 3. The first-order valence-corrected chi connectivity index (χ1v) is 7.82. The Morgan fingerprint density at radius 2 is 2.00 bits per heavy atom. The van der Waals surface area contributed by atoms with Gasteiger partial charge in [0, 0.05) is 19.3 Å². The minimum Gasteiger partial charge on any atom is -0.497 e. The Kier molecular flexibility index (Phi) is 8.59. The van der Waals surface area contributed by atoms with Crippen LogP contribution in [0.25, 0.3) is 5.69 Å². The third-order valence-corrected chi connectivity index (χ3v) is 3.64. The Morgan fingerprint density at radius 1 is 1.29 bits per heavy atom. The SMILES string of the molecule is CCC(C)NC(=NC)NCc1ccn(-c2ccc(OC)cc2)n1.I. The molecule has 0 saturated heterocycles. The molecule has 2 rings (SSSR count). The third kappa shape index (κ3) is 5.70. The highest BCUT2D eigenvalue weighted by Gasteiger charge is 2.05. The fourth-order valence-corrected chi connectivity index (χ4v) is 2.04. The van der Waals surface area contributed by atoms with Crippen LogP contribution in [0.2, 0.25) is 0 Å². The number of ether oxygens (including phenoxy) is 1. The van der Waals surface area contributed by atoms with Crippen molar-refractivity contribution in [2.24, 2.45) is 4.99 Å². The number of aromatic nitrogens is 2. The van der Waals surface area contributed by atoms with Gasteiger partial charge in [-0.3, -0.25) is 4.99 Å². The predicted octanol–water partition coefficient (Wildman–Crippen LogP) is 2.96. The van der Waals surface area contributed by atoms with Gasteiger partial charge in [0.2, 0.25) is 0 Å². The summed E-state index contributed by atoms with van der Waals surface area (Å²) in [5.74, 6) is 1.63. The van der Waals surface area contributed by atoms with E-state index < -0.39 is 0 Å². The molecule has 24 heavy (non-hydrogen) atoms. The van der Waals surface area contributed by atoms with Crippen molar-refractivity contribution in [2.75, 3.05) is 14.2 Å². The number of rotatable bonds is 6. The molecule has 132 valence electrons. The highest BCUT2D eigenvalue weighted by Crippen LogP contribution is 2.14. The second kappa shape index (κ2) is 10.2. The van der Waals surface area contributed by atoms with E-state index in [-0.39, 0.29) is 24.0 Å². The molecular weight excluding hydrogens is 417 g/mol. The Balaban J connectivity index is 0.00000288. The van der Waals surface area contributed by atoms with Crippen molar-refractivity contribution >= 4 is 29.9 Å². The zero-order chi connectivity index (χ0) is 16.7. The van der Waals surface area contributed by atoms with Crippen LogP contribution >= 0.6 is 24.0 Å². The number of benzene rings is 1. The molecule has 6 nitrogen and oxygen atoms in total. The van der Waals surface area contributed by atoms with Crippen LogP contribution in [-0.2, 0) is 6.54 Å². The fourth-order valence-electron chi connectivity index (χ4n) is 2.04. The van der Waals surface area contributed by atoms with E-state index in [1.54, 1.807) is 14.2 Å². The Labute approximate surface area is 160 Å². The molecule has 0 spiro atoms. The van der Waals surface area contributed by atoms with E-state index in [4.69, 9.17) is 4.74 Å². The van der Waals surface area contributed by atoms with Crippen molar-refractivity contribution in [1.82, 2.24) is 20.4 Å². The maximum atomic E-state index is 5.17. The normalized spacial score (nSPS) is 12.2. The smallest absolute Gasteiger partial charge is 0.191 e. The van der Waals surface area contributed by atoms with Crippen LogP contribution in [0, 0.1) is 0 Å². The molecule has 0 bridgehead atoms. The first kappa shape index (κ1) is 20.3. The van der Waals surface area contributed by atoms with Gasteiger partial charge in [0.1, 0.15) is 5.75 Å². The van der Waals surface area contributed by atoms with Gasteiger partial charge in [-0.15, -0.1) is 24.0 Å². The van der Waals surface area contributed by atoms with Crippen LogP contribution in [0.4, 0.5) is 0 Å². The first-order valence-electron chi connectivity index (χ1n) is 7.82. The number of aliphatic imine (C=N–C) groups is 1. The van der Waals surface area contributed by atoms with Crippen LogP contribution < -0.4 is 15.4 Å². The van der Waals surface area contributed by atoms with Gasteiger partial charge in [-0.1, -0.05) is 6.92 Å². The van der Waals surface area contributed by atoms with Gasteiger partial charge >= 0.3 is 0 Å². The van der Waals surface area contributed by atoms with Crippen LogP contribution in [0.3, 0.4) is 0 Å². The Hall–Kier alpha value is -1.77. The summed E-state index contributed by atoms with van der Waals surface area (Å²) in [4.78, 5) is 4.22. The minimum absolute atomic E-state index is 0. The van der Waals surface area contributed by atoms with E-state index in [2.05, 4.69) is 34.6 Å². The van der Waals surface area contributed by atoms with E-state index in [1.165, 1.54) is 0 Å². The number of halogens is 1. The quantitative estimate of drug-likeness (QED) is 0.410. The van der Waals surface area contributed by atoms with Crippen LogP contribution in [-0.4, -0.2) is 35.9 Å². The van der Waals surface area contributed by atoms with Gasteiger partial charge in [-0.25, -0.2) is 4.68 Å². The Morgan fingerprint density at radius 3 is 2.58 bits per heavy atom. The molecule has 0 radical (unpaired) electrons. The zero-order valence-electron chi connectivity index (χ0n) is 14.6. The summed E-state index contributed by atoms with van der Waals surface area (Å²) in [5.41, 5.74) is 1.95. The van der Waals surface area contributed by atoms with Crippen LogP contribution in [0.15, 0.2) is 41.5 Å². The lowest BCUT2D eigenvalue weighted by atomic mass is 10.3. The Bertz CT molecular complexity index is 639. The summed E-state index contributed by atoms with van der Waals surface area (Å²) in [6, 6.07) is 10.2. The molecule has 0 saturated carbocycles. The van der Waals surface area contributed by atoms with Crippen molar-refractivity contribution in [3.8, 4) is 11.4 Å². The monoisotopic (exact) mass is 443 g/mol. The van der Waals surface area contributed by atoms with Crippen molar-refractivity contribution in [3.63, 3.8) is 0 Å². The average molecular weight is 443 g/mol. The summed E-state index contributed by atoms with van der Waals surface area (Å²) < 4.78 is 7.02. The lowest BCUT2D eigenvalue weighted by Gasteiger charge is -2.15. The van der Waals surface area contributed by atoms with Gasteiger partial charge in [0.05, 0.1) is 25.0 Å². The molecule has 1 unspecified atom stereocenters. The molecule has 0 aliphatic heterocycles. The molecule has 1 aromatic carbocycles. The highest BCUT2D eigenvalue weighted by atomic mass is 127. The highest BCUT2D eigenvalue weighted by molar-refractivity contribution is 14.0. The van der Waals surface area contributed by atoms with Gasteiger partial charge < -0.3 is 15.4 Å². The zero-order valence-corrected chi connectivity index (χ0v) is 16.9. The summed E-state index contributed by atoms with van der Waals surface area (Å²) >= 11 is 0. The summed E-state index contributed by atoms with van der Waals surface area (Å²) in [6.07, 6.45) is 3.00. The third-order valence-electron chi connectivity index (χ3n) is 3.64. The molecule has 0 amide bonds. The standard InChI is InChI=1S/C17H25N5O.HI/c1-5-13(2)20-17(18-3)19-12-14-10-11-22(21-14)15-6-8-16(23-4)9-7-15;/h6-11,13H,5,12H2,1-4H3,(H2,18,19,20);1H. The molecule has 0 fully saturated rings. The minimum atomic E-state index is 0. The van der Waals surface area contributed by atoms with Gasteiger partial charge in [0.15, 0.2) is 5.96 Å². The van der Waals surface area contributed by atoms with E-state index >= 15 is 0 Å². The lowest BCUT2D eigenvalue weighted by molar-refractivity contribution is 0.414. The lowest BCUT2D eigenvalue weighted by Crippen LogP contribution is -2.41. The maximum absolute atomic E-state index is 5.17. The van der Waals surface area contributed by atoms with Crippen LogP contribution in [0.5, 0.6) is 5.75 Å². The molecule has 1 heterocycles. The summed E-state index contributed by atoms with van der Waals surface area (Å²) in [7, 11) is 3.43. The van der Waals surface area contributed by atoms with Gasteiger partial charge in [-0.05, 0) is 43.7 Å². The second-order valence-electron chi connectivity index (χ2n) is 5.33. The average Bonchev–Trinajstić information content (AvgIpc) is 3.07. The molecule has 1 aromatic heterocycles. The number of methoxy groups -OCH3 is 1. The van der Waals surface area contributed by atoms with E-state index in [9.17, 15) is 0 Å². The number of nitrogens with zero attached hydrogens (tertiary/aromatic N) is 3. The second-order valence-corrected chi connectivity index (χ2v) is 5.33. The van der Waals surface area contributed by atoms with E-state index in [0.29, 0.717) is 12.6 Å². The number of guanidine groups is 1. The molecule has 1 atom stereocenters. The van der Waals surface area contributed by atoms with Crippen LogP contribution in [0.1, 0.15) is 26.0 Å². The van der Waals surface area contributed by atoms with Crippen molar-refractivity contribution in [3.05, 3.63) is 42.2 Å². The van der Waals surface area contributed by atoms with Gasteiger partial charge in [0.25, 0.3) is 0 Å². The number of hydrogen-bond donors (Lipinski definition) is 2. The fraction of sp³-hybridized carbons (Fsp3) is 0.412. The van der Waals surface area contributed by atoms with Crippen molar-refractivity contribution in [2.45, 2.75) is 32.9 Å². The summed E-state index contributed by atoms with van der Waals surface area (Å²) in [5, 5.41) is 11.2. The largest absolute Gasteiger partial charge is 0.497 e. The number of nitrogens with one attached hydrogen (secondary N) is 2. The molecule has 2 aromatic rings. The topological polar surface area (TPSA) is 63.5 Å². The predicted molar refractivity (Wildman–Crippen MR) is 109 cm³/mol. The van der Waals surface area contributed by atoms with Crippen molar-refractivity contribution in [1.29, 1.82) is 0 Å². The van der Waals surface area contributed by atoms with Gasteiger partial charge in [-0.2, -0.15) is 5.10 Å². The molecule has 0 aliphatic carbocycles. The molecule has 0 aliphatic rings. The molecule has 7 heteroatoms. The first-order chi connectivity index (χ1) is 11.2. The molecular formula is C17H26IN5O.